The Morgan fingerprint density at radius 2 is 0.771 bits per heavy atom. The second-order valence-electron chi connectivity index (χ2n) is 15.8. The average Bonchev–Trinajstić information content (AvgIpc) is 3.95. The van der Waals surface area contributed by atoms with E-state index in [4.69, 9.17) is 59.9 Å². The molecule has 0 amide bonds. The van der Waals surface area contributed by atoms with Crippen molar-refractivity contribution in [2.45, 2.75) is 0 Å². The van der Waals surface area contributed by atoms with Gasteiger partial charge in [-0.3, -0.25) is 0 Å². The molecule has 0 fully saturated rings. The number of fused-ring (bicyclic) bond motifs is 13. The van der Waals surface area contributed by atoms with Crippen molar-refractivity contribution < 1.29 is 54.9 Å². The zero-order valence-electron chi connectivity index (χ0n) is 35.5. The first-order valence-electron chi connectivity index (χ1n) is 20.6. The molecule has 0 spiro atoms. The zero-order chi connectivity index (χ0) is 49.6. The quantitative estimate of drug-likeness (QED) is 0.128. The van der Waals surface area contributed by atoms with E-state index < -0.39 is 0 Å². The third-order valence-corrected chi connectivity index (χ3v) is 12.9. The Labute approximate surface area is 386 Å². The van der Waals surface area contributed by atoms with Gasteiger partial charge in [-0.1, -0.05) is 103 Å². The molecule has 70 heavy (non-hydrogen) atoms. The Kier molecular flexibility index (Phi) is 14.1. The van der Waals surface area contributed by atoms with E-state index >= 15 is 0 Å². The highest BCUT2D eigenvalue weighted by atomic mass is 20.0. The molecule has 0 N–H and O–H groups in total. The molecule has 0 saturated heterocycles. The highest BCUT2D eigenvalue weighted by Gasteiger charge is 2.30. The minimum absolute atomic E-state index is 0.755. The van der Waals surface area contributed by atoms with Crippen molar-refractivity contribution in [2.24, 2.45) is 0 Å². The molecule has 2 aliphatic carbocycles. The van der Waals surface area contributed by atoms with Crippen molar-refractivity contribution in [3.05, 3.63) is 171 Å². The average molecular weight is 961 g/mol. The Morgan fingerprint density at radius 3 is 1.31 bits per heavy atom. The molecule has 9 aromatic carbocycles. The summed E-state index contributed by atoms with van der Waals surface area (Å²) < 4.78 is 96.0. The molecule has 14 rings (SSSR count). The largest absolute Gasteiger partial charge is 0.244 e. The van der Waals surface area contributed by atoms with Gasteiger partial charge in [-0.05, 0) is 158 Å². The first kappa shape index (κ1) is 47.8. The van der Waals surface area contributed by atoms with Gasteiger partial charge in [0.2, 0.25) is 0 Å². The summed E-state index contributed by atoms with van der Waals surface area (Å²) in [6.07, 6.45) is 7.37. The van der Waals surface area contributed by atoms with Gasteiger partial charge in [0.05, 0.1) is 5.52 Å². The van der Waals surface area contributed by atoms with Crippen molar-refractivity contribution in [3.8, 4) is 66.8 Å². The summed E-state index contributed by atoms with van der Waals surface area (Å²) in [6.45, 7) is 0. The van der Waals surface area contributed by atoms with Gasteiger partial charge >= 0.3 is 0 Å². The van der Waals surface area contributed by atoms with Gasteiger partial charge in [0.25, 0.3) is 0 Å². The summed E-state index contributed by atoms with van der Waals surface area (Å²) in [5.74, 6) is 0. The van der Waals surface area contributed by atoms with Crippen molar-refractivity contribution >= 4 is 75.8 Å². The molecule has 0 radical (unpaired) electrons. The Bertz CT molecular complexity index is 3650. The molecule has 348 valence electrons. The lowest BCUT2D eigenvalue weighted by Gasteiger charge is -2.19. The first-order valence-corrected chi connectivity index (χ1v) is 20.6. The van der Waals surface area contributed by atoms with Crippen LogP contribution in [0.3, 0.4) is 0 Å². The molecule has 2 aliphatic rings. The molecular weight excluding hydrogens is 933 g/mol. The summed E-state index contributed by atoms with van der Waals surface area (Å²) in [7, 11) is 0. The van der Waals surface area contributed by atoms with Crippen LogP contribution in [0.4, 0.5) is 54.9 Å². The van der Waals surface area contributed by atoms with Gasteiger partial charge in [0.15, 0.2) is 5.65 Å². The molecule has 16 heteroatoms. The van der Waals surface area contributed by atoms with E-state index in [1.807, 2.05) is 24.7 Å². The van der Waals surface area contributed by atoms with Crippen molar-refractivity contribution in [1.82, 2.24) is 19.9 Å². The van der Waals surface area contributed by atoms with E-state index in [2.05, 4.69) is 154 Å². The summed E-state index contributed by atoms with van der Waals surface area (Å²) in [6, 6.07) is 54.3. The van der Waals surface area contributed by atoms with Crippen LogP contribution in [0.25, 0.3) is 143 Å². The van der Waals surface area contributed by atoms with Crippen molar-refractivity contribution in [3.63, 3.8) is 0 Å². The van der Waals surface area contributed by atoms with Crippen LogP contribution in [0, 0.1) is 0 Å². The van der Waals surface area contributed by atoms with Crippen LogP contribution >= 0.6 is 0 Å². The minimum Gasteiger partial charge on any atom is -0.244 e. The van der Waals surface area contributed by atoms with Crippen LogP contribution in [-0.4, -0.2) is 19.9 Å². The number of hydrogen-bond acceptors (Lipinski definition) is 4. The number of halogens is 12. The van der Waals surface area contributed by atoms with Gasteiger partial charge in [0, 0.05) is 89.8 Å². The third kappa shape index (κ3) is 7.39. The standard InChI is InChI=1S/C54H28N4.6F2/c1-6-29-8-3-13-41-48(29)37(11-1)45-24-43-35-17-19-40-44(36(35)16-18-39(43)50(52(41)45)31-15-20-47-33(22-31)26-55-28-58-47)25-46-38-12-2-7-30-9-4-14-42(49(30)38)53(46)51(40)34-23-32-10-5-21-56-54(32)57-27-34;6*1-2/h1-28H;;;;;;. The van der Waals surface area contributed by atoms with Gasteiger partial charge < -0.3 is 0 Å². The van der Waals surface area contributed by atoms with E-state index in [9.17, 15) is 0 Å². The van der Waals surface area contributed by atoms with Crippen molar-refractivity contribution in [2.75, 3.05) is 0 Å². The molecule has 0 atom stereocenters. The number of hydrogen-bond donors (Lipinski definition) is 0. The molecule has 3 aromatic heterocycles. The highest BCUT2D eigenvalue weighted by Crippen LogP contribution is 2.57. The van der Waals surface area contributed by atoms with Gasteiger partial charge in [-0.2, -0.15) is 0 Å². The highest BCUT2D eigenvalue weighted by molar-refractivity contribution is 6.30. The second kappa shape index (κ2) is 20.7. The summed E-state index contributed by atoms with van der Waals surface area (Å²) in [5.41, 5.74) is 16.7. The van der Waals surface area contributed by atoms with Gasteiger partial charge in [0.1, 0.15) is 6.33 Å². The van der Waals surface area contributed by atoms with Crippen LogP contribution in [0.1, 0.15) is 0 Å². The van der Waals surface area contributed by atoms with Crippen LogP contribution in [-0.2, 0) is 0 Å². The van der Waals surface area contributed by atoms with Gasteiger partial charge in [-0.15, -0.1) is 0 Å². The summed E-state index contributed by atoms with van der Waals surface area (Å²) in [4.78, 5) is 18.4. The molecule has 3 heterocycles. The lowest BCUT2D eigenvalue weighted by atomic mass is 9.84. The fourth-order valence-electron chi connectivity index (χ4n) is 10.5. The smallest absolute Gasteiger partial charge is 0.159 e. The predicted octanol–water partition coefficient (Wildman–Crippen LogP) is 19.0. The number of rotatable bonds is 2. The van der Waals surface area contributed by atoms with Crippen LogP contribution in [0.5, 0.6) is 0 Å². The van der Waals surface area contributed by atoms with E-state index in [0.29, 0.717) is 0 Å². The van der Waals surface area contributed by atoms with E-state index in [-0.39, 0.29) is 0 Å². The summed E-state index contributed by atoms with van der Waals surface area (Å²) >= 11 is 0. The number of nitrogens with zero attached hydrogens (tertiary/aromatic N) is 4. The number of benzene rings is 9. The molecule has 0 aliphatic heterocycles. The Hall–Kier alpha value is -8.66. The predicted molar refractivity (Wildman–Crippen MR) is 253 cm³/mol. The maximum absolute atomic E-state index is 8.00. The normalized spacial score (nSPS) is 10.9. The fraction of sp³-hybridized carbons (Fsp3) is 0. The minimum atomic E-state index is 0.755. The number of aromatic nitrogens is 4. The maximum atomic E-state index is 8.00. The SMILES string of the molecule is FF.FF.FF.FF.FF.FF.c1cnc2ncc(-c3c4c(cc5c3ccc3c6cc7c(c(-c8ccc9ncncc9c8)c6ccc53)-c3cccc5cccc-7c35)-c3cccc5cccc-4c35)cc2c1. The van der Waals surface area contributed by atoms with E-state index in [1.54, 1.807) is 6.33 Å². The van der Waals surface area contributed by atoms with E-state index in [0.717, 1.165) is 27.5 Å². The Balaban J connectivity index is 0.000000514. The summed E-state index contributed by atoms with van der Waals surface area (Å²) in [5, 5.41) is 14.6. The maximum Gasteiger partial charge on any atom is 0.159 e. The zero-order valence-corrected chi connectivity index (χ0v) is 35.5. The van der Waals surface area contributed by atoms with Crippen LogP contribution < -0.4 is 0 Å². The fourth-order valence-corrected chi connectivity index (χ4v) is 10.5. The molecule has 0 bridgehead atoms. The third-order valence-electron chi connectivity index (χ3n) is 12.9. The van der Waals surface area contributed by atoms with Crippen LogP contribution in [0.2, 0.25) is 0 Å². The molecule has 0 unspecified atom stereocenters. The number of pyridine rings is 2. The van der Waals surface area contributed by atoms with Crippen LogP contribution in [0.15, 0.2) is 171 Å². The molecule has 12 aromatic rings. The molecule has 0 saturated carbocycles. The lowest BCUT2D eigenvalue weighted by molar-refractivity contribution is 0.108. The Morgan fingerprint density at radius 1 is 0.300 bits per heavy atom. The monoisotopic (exact) mass is 960 g/mol. The molecular formula is C54H28F12N4. The topological polar surface area (TPSA) is 51.6 Å². The van der Waals surface area contributed by atoms with Crippen molar-refractivity contribution in [1.29, 1.82) is 0 Å². The lowest BCUT2D eigenvalue weighted by Crippen LogP contribution is -1.93. The van der Waals surface area contributed by atoms with E-state index in [1.165, 1.54) is 115 Å². The molecule has 4 nitrogen and oxygen atoms in total. The first-order chi connectivity index (χ1) is 34.8. The van der Waals surface area contributed by atoms with Gasteiger partial charge in [-0.25, -0.2) is 19.9 Å². The second-order valence-corrected chi connectivity index (χ2v) is 15.8.